The molecule has 5 N–H and O–H groups in total. The van der Waals surface area contributed by atoms with Gasteiger partial charge in [-0.1, -0.05) is 24.3 Å². The van der Waals surface area contributed by atoms with Crippen molar-refractivity contribution in [2.45, 2.75) is 31.1 Å². The van der Waals surface area contributed by atoms with Gasteiger partial charge in [0, 0.05) is 13.1 Å². The number of aliphatic hydroxyl groups excluding tert-OH is 1. The lowest BCUT2D eigenvalue weighted by Gasteiger charge is -2.16. The van der Waals surface area contributed by atoms with Gasteiger partial charge in [-0.3, -0.25) is 0 Å². The van der Waals surface area contributed by atoms with Gasteiger partial charge in [0.2, 0.25) is 10.0 Å². The molecule has 1 unspecified atom stereocenters. The Balaban J connectivity index is 0.00000480. The van der Waals surface area contributed by atoms with E-state index in [-0.39, 0.29) is 47.7 Å². The Labute approximate surface area is 197 Å². The van der Waals surface area contributed by atoms with Gasteiger partial charge in [-0.2, -0.15) is 8.78 Å². The number of ether oxygens (including phenoxy) is 1. The SMILES string of the molecule is CCNC(=NCc1ccc(S(N)(=O)=O)cc1)NCC(O)c1ccc(OC(F)F)cc1.I. The summed E-state index contributed by atoms with van der Waals surface area (Å²) in [7, 11) is -3.75. The maximum Gasteiger partial charge on any atom is 0.387 e. The van der Waals surface area contributed by atoms with Crippen LogP contribution < -0.4 is 20.5 Å². The largest absolute Gasteiger partial charge is 0.435 e. The average Bonchev–Trinajstić information content (AvgIpc) is 2.69. The zero-order valence-corrected chi connectivity index (χ0v) is 19.8. The molecule has 0 fully saturated rings. The lowest BCUT2D eigenvalue weighted by atomic mass is 10.1. The number of nitrogens with one attached hydrogen (secondary N) is 2. The molecule has 31 heavy (non-hydrogen) atoms. The summed E-state index contributed by atoms with van der Waals surface area (Å²) in [4.78, 5) is 4.41. The Morgan fingerprint density at radius 1 is 1.13 bits per heavy atom. The molecule has 12 heteroatoms. The molecule has 0 saturated heterocycles. The molecule has 0 heterocycles. The number of aliphatic hydroxyl groups is 1. The molecular weight excluding hydrogens is 545 g/mol. The van der Waals surface area contributed by atoms with Crippen LogP contribution in [0, 0.1) is 0 Å². The van der Waals surface area contributed by atoms with E-state index in [0.717, 1.165) is 5.56 Å². The van der Waals surface area contributed by atoms with Gasteiger partial charge in [0.15, 0.2) is 5.96 Å². The predicted molar refractivity (Wildman–Crippen MR) is 124 cm³/mol. The van der Waals surface area contributed by atoms with E-state index >= 15 is 0 Å². The van der Waals surface area contributed by atoms with Gasteiger partial charge in [-0.05, 0) is 42.3 Å². The number of hydrogen-bond donors (Lipinski definition) is 4. The summed E-state index contributed by atoms with van der Waals surface area (Å²) in [6.45, 7) is -0.0269. The fourth-order valence-corrected chi connectivity index (χ4v) is 2.99. The number of rotatable bonds is 9. The standard InChI is InChI=1S/C19H24F2N4O4S.HI/c1-2-23-19(24-11-13-3-9-16(10-4-13)30(22,27)28)25-12-17(26)14-5-7-15(8-6-14)29-18(20)21;/h3-10,17-18,26H,2,11-12H2,1H3,(H2,22,27,28)(H2,23,24,25);1H. The molecule has 0 aromatic heterocycles. The third-order valence-electron chi connectivity index (χ3n) is 3.97. The van der Waals surface area contributed by atoms with Gasteiger partial charge < -0.3 is 20.5 Å². The molecule has 2 aromatic carbocycles. The molecule has 0 radical (unpaired) electrons. The molecule has 0 saturated carbocycles. The summed E-state index contributed by atoms with van der Waals surface area (Å²) in [5.41, 5.74) is 1.30. The van der Waals surface area contributed by atoms with Crippen molar-refractivity contribution >= 4 is 40.0 Å². The summed E-state index contributed by atoms with van der Waals surface area (Å²) < 4.78 is 51.3. The minimum absolute atomic E-state index is 0. The maximum absolute atomic E-state index is 12.2. The molecule has 2 aromatic rings. The van der Waals surface area contributed by atoms with E-state index < -0.39 is 22.7 Å². The van der Waals surface area contributed by atoms with Crippen LogP contribution in [0.1, 0.15) is 24.2 Å². The van der Waals surface area contributed by atoms with Crippen LogP contribution in [0.5, 0.6) is 5.75 Å². The first kappa shape index (κ1) is 27.0. The quantitative estimate of drug-likeness (QED) is 0.209. The number of aliphatic imine (C=N–C) groups is 1. The van der Waals surface area contributed by atoms with Crippen LogP contribution in [0.25, 0.3) is 0 Å². The summed E-state index contributed by atoms with van der Waals surface area (Å²) in [6.07, 6.45) is -0.900. The van der Waals surface area contributed by atoms with E-state index in [1.54, 1.807) is 12.1 Å². The number of halogens is 3. The van der Waals surface area contributed by atoms with Crippen LogP contribution in [0.2, 0.25) is 0 Å². The van der Waals surface area contributed by atoms with Crippen LogP contribution in [-0.2, 0) is 16.6 Å². The highest BCUT2D eigenvalue weighted by molar-refractivity contribution is 14.0. The molecule has 1 atom stereocenters. The zero-order valence-electron chi connectivity index (χ0n) is 16.7. The van der Waals surface area contributed by atoms with Gasteiger partial charge in [-0.25, -0.2) is 18.5 Å². The first-order chi connectivity index (χ1) is 14.2. The smallest absolute Gasteiger partial charge is 0.387 e. The van der Waals surface area contributed by atoms with Crippen LogP contribution in [-0.4, -0.2) is 39.2 Å². The number of alkyl halides is 2. The van der Waals surface area contributed by atoms with Crippen molar-refractivity contribution < 1.29 is 27.0 Å². The Hall–Kier alpha value is -2.03. The summed E-state index contributed by atoms with van der Waals surface area (Å²) in [5, 5.41) is 21.4. The van der Waals surface area contributed by atoms with Crippen LogP contribution in [0.4, 0.5) is 8.78 Å². The molecule has 0 amide bonds. The second-order valence-electron chi connectivity index (χ2n) is 6.23. The number of benzene rings is 2. The van der Waals surface area contributed by atoms with Crippen LogP contribution in [0.15, 0.2) is 58.4 Å². The van der Waals surface area contributed by atoms with Crippen molar-refractivity contribution in [1.29, 1.82) is 0 Å². The lowest BCUT2D eigenvalue weighted by molar-refractivity contribution is -0.0498. The third-order valence-corrected chi connectivity index (χ3v) is 4.90. The highest BCUT2D eigenvalue weighted by atomic mass is 127. The molecule has 0 bridgehead atoms. The summed E-state index contributed by atoms with van der Waals surface area (Å²) >= 11 is 0. The molecule has 2 rings (SSSR count). The Bertz CT molecular complexity index is 942. The van der Waals surface area contributed by atoms with Crippen molar-refractivity contribution in [2.75, 3.05) is 13.1 Å². The van der Waals surface area contributed by atoms with E-state index in [1.165, 1.54) is 36.4 Å². The van der Waals surface area contributed by atoms with Gasteiger partial charge in [0.1, 0.15) is 5.75 Å². The fraction of sp³-hybridized carbons (Fsp3) is 0.316. The average molecular weight is 570 g/mol. The monoisotopic (exact) mass is 570 g/mol. The topological polar surface area (TPSA) is 126 Å². The fourth-order valence-electron chi connectivity index (χ4n) is 2.48. The maximum atomic E-state index is 12.2. The van der Waals surface area contributed by atoms with Crippen molar-refractivity contribution in [3.05, 3.63) is 59.7 Å². The normalized spacial score (nSPS) is 12.8. The van der Waals surface area contributed by atoms with Gasteiger partial charge in [-0.15, -0.1) is 24.0 Å². The number of nitrogens with zero attached hydrogens (tertiary/aromatic N) is 1. The van der Waals surface area contributed by atoms with Crippen molar-refractivity contribution in [1.82, 2.24) is 10.6 Å². The first-order valence-electron chi connectivity index (χ1n) is 9.05. The lowest BCUT2D eigenvalue weighted by Crippen LogP contribution is -2.39. The number of hydrogen-bond acceptors (Lipinski definition) is 5. The number of nitrogens with two attached hydrogens (primary N) is 1. The number of guanidine groups is 1. The van der Waals surface area contributed by atoms with Gasteiger partial charge in [0.25, 0.3) is 0 Å². The van der Waals surface area contributed by atoms with Crippen LogP contribution >= 0.6 is 24.0 Å². The minimum atomic E-state index is -3.75. The molecule has 8 nitrogen and oxygen atoms in total. The van der Waals surface area contributed by atoms with Crippen molar-refractivity contribution in [3.63, 3.8) is 0 Å². The number of primary sulfonamides is 1. The predicted octanol–water partition coefficient (Wildman–Crippen LogP) is 2.34. The molecule has 172 valence electrons. The van der Waals surface area contributed by atoms with Crippen LogP contribution in [0.3, 0.4) is 0 Å². The van der Waals surface area contributed by atoms with Gasteiger partial charge >= 0.3 is 6.61 Å². The molecule has 0 aliphatic rings. The van der Waals surface area contributed by atoms with Crippen molar-refractivity contribution in [2.24, 2.45) is 10.1 Å². The molecule has 0 spiro atoms. The summed E-state index contributed by atoms with van der Waals surface area (Å²) in [5.74, 6) is 0.460. The minimum Gasteiger partial charge on any atom is -0.435 e. The molecule has 0 aliphatic heterocycles. The van der Waals surface area contributed by atoms with E-state index in [2.05, 4.69) is 20.4 Å². The number of sulfonamides is 1. The first-order valence-corrected chi connectivity index (χ1v) is 10.6. The van der Waals surface area contributed by atoms with E-state index in [4.69, 9.17) is 5.14 Å². The van der Waals surface area contributed by atoms with E-state index in [0.29, 0.717) is 18.1 Å². The Kier molecular flexibility index (Phi) is 11.1. The zero-order chi connectivity index (χ0) is 22.1. The third kappa shape index (κ3) is 9.33. The van der Waals surface area contributed by atoms with Gasteiger partial charge in [0.05, 0.1) is 17.5 Å². The van der Waals surface area contributed by atoms with E-state index in [9.17, 15) is 22.3 Å². The second kappa shape index (κ2) is 12.7. The van der Waals surface area contributed by atoms with E-state index in [1.807, 2.05) is 6.92 Å². The molecule has 0 aliphatic carbocycles. The highest BCUT2D eigenvalue weighted by Crippen LogP contribution is 2.19. The second-order valence-corrected chi connectivity index (χ2v) is 7.79. The highest BCUT2D eigenvalue weighted by Gasteiger charge is 2.11. The Morgan fingerprint density at radius 2 is 1.74 bits per heavy atom. The van der Waals surface area contributed by atoms with Crippen molar-refractivity contribution in [3.8, 4) is 5.75 Å². The summed E-state index contributed by atoms with van der Waals surface area (Å²) in [6, 6.07) is 11.8. The Morgan fingerprint density at radius 3 is 2.26 bits per heavy atom. The molecular formula is C19H25F2IN4O4S.